The average Bonchev–Trinajstić information content (AvgIpc) is 3.02. The van der Waals surface area contributed by atoms with E-state index < -0.39 is 0 Å². The van der Waals surface area contributed by atoms with Crippen LogP contribution in [0.3, 0.4) is 0 Å². The highest BCUT2D eigenvalue weighted by Crippen LogP contribution is 2.30. The highest BCUT2D eigenvalue weighted by Gasteiger charge is 2.14. The van der Waals surface area contributed by atoms with Gasteiger partial charge in [-0.15, -0.1) is 11.3 Å². The summed E-state index contributed by atoms with van der Waals surface area (Å²) in [6.45, 7) is 1.94. The molecule has 0 aliphatic heterocycles. The van der Waals surface area contributed by atoms with Gasteiger partial charge in [0, 0.05) is 10.4 Å². The molecule has 0 unspecified atom stereocenters. The Balaban J connectivity index is 1.88. The Morgan fingerprint density at radius 1 is 1.35 bits per heavy atom. The van der Waals surface area contributed by atoms with E-state index in [1.54, 1.807) is 23.5 Å². The number of halogens is 1. The molecule has 0 bridgehead atoms. The van der Waals surface area contributed by atoms with Crippen molar-refractivity contribution in [2.45, 2.75) is 13.3 Å². The van der Waals surface area contributed by atoms with Crippen LogP contribution in [0.25, 0.3) is 11.5 Å². The predicted octanol–water partition coefficient (Wildman–Crippen LogP) is 3.45. The second-order valence-electron chi connectivity index (χ2n) is 4.21. The van der Waals surface area contributed by atoms with E-state index in [-0.39, 0.29) is 11.6 Å². The van der Waals surface area contributed by atoms with Gasteiger partial charge in [0.2, 0.25) is 0 Å². The number of hydrogen-bond acceptors (Lipinski definition) is 6. The zero-order valence-electron chi connectivity index (χ0n) is 10.5. The number of aromatic hydroxyl groups is 1. The molecular weight excluding hydrogens is 298 g/mol. The monoisotopic (exact) mass is 307 g/mol. The van der Waals surface area contributed by atoms with Crippen LogP contribution in [0.2, 0.25) is 5.02 Å². The summed E-state index contributed by atoms with van der Waals surface area (Å²) in [5, 5.41) is 17.1. The van der Waals surface area contributed by atoms with Crippen molar-refractivity contribution in [1.29, 1.82) is 0 Å². The van der Waals surface area contributed by atoms with Gasteiger partial charge in [0.1, 0.15) is 5.75 Å². The van der Waals surface area contributed by atoms with E-state index in [4.69, 9.17) is 16.1 Å². The molecule has 2 aromatic heterocycles. The molecule has 3 rings (SSSR count). The standard InChI is InChI=1S/C13H10ClN3O2S/c1-7-15-9(6-20-7)5-12-16-13(19-17-12)10-4-8(14)2-3-11(10)18/h2-4,6,18H,5H2,1H3. The molecule has 5 nitrogen and oxygen atoms in total. The Hall–Kier alpha value is -1.92. The zero-order valence-corrected chi connectivity index (χ0v) is 12.1. The third-order valence-corrected chi connectivity index (χ3v) is 3.72. The third kappa shape index (κ3) is 2.66. The van der Waals surface area contributed by atoms with E-state index in [1.165, 1.54) is 6.07 Å². The van der Waals surface area contributed by atoms with Gasteiger partial charge in [0.25, 0.3) is 5.89 Å². The van der Waals surface area contributed by atoms with Crippen molar-refractivity contribution in [2.75, 3.05) is 0 Å². The minimum atomic E-state index is 0.0501. The lowest BCUT2D eigenvalue weighted by molar-refractivity contribution is 0.418. The van der Waals surface area contributed by atoms with Gasteiger partial charge in [-0.1, -0.05) is 16.8 Å². The molecular formula is C13H10ClN3O2S. The minimum Gasteiger partial charge on any atom is -0.507 e. The molecule has 0 atom stereocenters. The fraction of sp³-hybridized carbons (Fsp3) is 0.154. The summed E-state index contributed by atoms with van der Waals surface area (Å²) in [4.78, 5) is 8.60. The first-order valence-corrected chi connectivity index (χ1v) is 7.10. The second-order valence-corrected chi connectivity index (χ2v) is 5.71. The summed E-state index contributed by atoms with van der Waals surface area (Å²) in [5.74, 6) is 0.811. The normalized spacial score (nSPS) is 10.9. The number of aryl methyl sites for hydroxylation is 1. The van der Waals surface area contributed by atoms with E-state index in [2.05, 4.69) is 15.1 Å². The number of phenolic OH excluding ortho intramolecular Hbond substituents is 1. The first-order valence-electron chi connectivity index (χ1n) is 5.84. The number of rotatable bonds is 3. The number of nitrogens with zero attached hydrogens (tertiary/aromatic N) is 3. The van der Waals surface area contributed by atoms with Crippen molar-refractivity contribution in [2.24, 2.45) is 0 Å². The van der Waals surface area contributed by atoms with Gasteiger partial charge >= 0.3 is 0 Å². The topological polar surface area (TPSA) is 72.0 Å². The van der Waals surface area contributed by atoms with Crippen molar-refractivity contribution >= 4 is 22.9 Å². The molecule has 20 heavy (non-hydrogen) atoms. The van der Waals surface area contributed by atoms with Crippen LogP contribution < -0.4 is 0 Å². The van der Waals surface area contributed by atoms with Crippen molar-refractivity contribution in [3.8, 4) is 17.2 Å². The molecule has 2 heterocycles. The number of hydrogen-bond donors (Lipinski definition) is 1. The Morgan fingerprint density at radius 2 is 2.20 bits per heavy atom. The largest absolute Gasteiger partial charge is 0.507 e. The molecule has 0 amide bonds. The highest BCUT2D eigenvalue weighted by molar-refractivity contribution is 7.09. The van der Waals surface area contributed by atoms with Crippen LogP contribution in [0.1, 0.15) is 16.5 Å². The SMILES string of the molecule is Cc1nc(Cc2noc(-c3cc(Cl)ccc3O)n2)cs1. The van der Waals surface area contributed by atoms with Crippen LogP contribution in [0.5, 0.6) is 5.75 Å². The van der Waals surface area contributed by atoms with Crippen molar-refractivity contribution < 1.29 is 9.63 Å². The van der Waals surface area contributed by atoms with Crippen molar-refractivity contribution in [1.82, 2.24) is 15.1 Å². The summed E-state index contributed by atoms with van der Waals surface area (Å²) >= 11 is 7.47. The summed E-state index contributed by atoms with van der Waals surface area (Å²) < 4.78 is 5.16. The average molecular weight is 308 g/mol. The summed E-state index contributed by atoms with van der Waals surface area (Å²) in [5.41, 5.74) is 1.32. The van der Waals surface area contributed by atoms with E-state index in [9.17, 15) is 5.11 Å². The second kappa shape index (κ2) is 5.22. The van der Waals surface area contributed by atoms with Crippen LogP contribution in [-0.4, -0.2) is 20.2 Å². The molecule has 1 aromatic carbocycles. The molecule has 0 spiro atoms. The Bertz CT molecular complexity index is 754. The molecule has 3 aromatic rings. The lowest BCUT2D eigenvalue weighted by atomic mass is 10.2. The van der Waals surface area contributed by atoms with Crippen LogP contribution in [0, 0.1) is 6.92 Å². The van der Waals surface area contributed by atoms with Crippen LogP contribution in [-0.2, 0) is 6.42 Å². The molecule has 7 heteroatoms. The predicted molar refractivity (Wildman–Crippen MR) is 76.1 cm³/mol. The summed E-state index contributed by atoms with van der Waals surface area (Å²) in [7, 11) is 0. The number of thiazole rings is 1. The third-order valence-electron chi connectivity index (χ3n) is 2.66. The van der Waals surface area contributed by atoms with Crippen LogP contribution >= 0.6 is 22.9 Å². The van der Waals surface area contributed by atoms with Gasteiger partial charge in [-0.2, -0.15) is 4.98 Å². The summed E-state index contributed by atoms with van der Waals surface area (Å²) in [6, 6.07) is 4.67. The van der Waals surface area contributed by atoms with Crippen molar-refractivity contribution in [3.63, 3.8) is 0 Å². The van der Waals surface area contributed by atoms with Gasteiger partial charge in [-0.25, -0.2) is 4.98 Å². The van der Waals surface area contributed by atoms with Crippen LogP contribution in [0.4, 0.5) is 0 Å². The first kappa shape index (κ1) is 13.1. The molecule has 0 fully saturated rings. The fourth-order valence-corrected chi connectivity index (χ4v) is 2.55. The van der Waals surface area contributed by atoms with E-state index in [0.717, 1.165) is 10.7 Å². The molecule has 0 saturated heterocycles. The summed E-state index contributed by atoms with van der Waals surface area (Å²) in [6.07, 6.45) is 0.495. The molecule has 0 aliphatic carbocycles. The highest BCUT2D eigenvalue weighted by atomic mass is 35.5. The number of phenols is 1. The Labute approximate surface area is 123 Å². The van der Waals surface area contributed by atoms with Gasteiger partial charge in [-0.3, -0.25) is 0 Å². The molecule has 102 valence electrons. The van der Waals surface area contributed by atoms with Gasteiger partial charge < -0.3 is 9.63 Å². The molecule has 1 N–H and O–H groups in total. The Morgan fingerprint density at radius 3 is 2.95 bits per heavy atom. The maximum atomic E-state index is 9.79. The first-order chi connectivity index (χ1) is 9.61. The van der Waals surface area contributed by atoms with Gasteiger partial charge in [-0.05, 0) is 25.1 Å². The quantitative estimate of drug-likeness (QED) is 0.802. The van der Waals surface area contributed by atoms with E-state index >= 15 is 0 Å². The Kier molecular flexibility index (Phi) is 3.42. The van der Waals surface area contributed by atoms with E-state index in [1.807, 2.05) is 12.3 Å². The van der Waals surface area contributed by atoms with Gasteiger partial charge in [0.05, 0.1) is 22.7 Å². The minimum absolute atomic E-state index is 0.0501. The lowest BCUT2D eigenvalue weighted by Crippen LogP contribution is -1.91. The van der Waals surface area contributed by atoms with E-state index in [0.29, 0.717) is 22.8 Å². The zero-order chi connectivity index (χ0) is 14.1. The molecule has 0 saturated carbocycles. The molecule has 0 aliphatic rings. The maximum absolute atomic E-state index is 9.79. The molecule has 0 radical (unpaired) electrons. The smallest absolute Gasteiger partial charge is 0.261 e. The van der Waals surface area contributed by atoms with Gasteiger partial charge in [0.15, 0.2) is 5.82 Å². The lowest BCUT2D eigenvalue weighted by Gasteiger charge is -1.98. The van der Waals surface area contributed by atoms with Crippen LogP contribution in [0.15, 0.2) is 28.1 Å². The fourth-order valence-electron chi connectivity index (χ4n) is 1.77. The maximum Gasteiger partial charge on any atom is 0.261 e. The number of benzene rings is 1. The number of aromatic nitrogens is 3. The van der Waals surface area contributed by atoms with Crippen molar-refractivity contribution in [3.05, 3.63) is 45.1 Å².